The van der Waals surface area contributed by atoms with Gasteiger partial charge in [-0.2, -0.15) is 0 Å². The van der Waals surface area contributed by atoms with Gasteiger partial charge < -0.3 is 30.4 Å². The number of ketones is 1. The van der Waals surface area contributed by atoms with Crippen LogP contribution in [0, 0.1) is 18.8 Å². The SMILES string of the molecule is CC(C)(C)OC(=O)N1CCCC[C@H]1c1c[nH]c(N)c1.CCOC(=O)C(C)C(=O)C1CC1.Cc1c(C2CC2)nc2cc([C@@H]3CCCCN3)[nH]n2c1=O. The van der Waals surface area contributed by atoms with Gasteiger partial charge in [-0.05, 0) is 118 Å². The standard InChI is InChI=1S/C15H20N4O.C14H23N3O2.C9H14O3/c1-9-14(10-5-6-10)17-13-8-12(18-19(13)15(9)20)11-4-2-3-7-16-11;1-14(2,3)19-13(18)17-7-5-4-6-11(17)10-8-12(15)16-9-10;1-3-12-9(11)6(2)8(10)7-4-5-7/h8,10-11,16,18H,2-7H2,1H3;8-9,11,16H,4-7,15H2,1-3H3;6-7H,3-5H2,1-2H3/t2*11-;/m00./s1. The molecule has 3 atom stereocenters. The number of likely N-dealkylation sites (tertiary alicyclic amines) is 1. The van der Waals surface area contributed by atoms with Crippen molar-refractivity contribution in [1.29, 1.82) is 0 Å². The Kier molecular flexibility index (Phi) is 12.3. The first-order valence-corrected chi connectivity index (χ1v) is 18.8. The van der Waals surface area contributed by atoms with Crippen LogP contribution in [0.1, 0.15) is 139 Å². The molecule has 280 valence electrons. The minimum Gasteiger partial charge on any atom is -0.465 e. The van der Waals surface area contributed by atoms with E-state index in [0.717, 1.165) is 79.8 Å². The molecule has 2 saturated heterocycles. The molecule has 13 heteroatoms. The van der Waals surface area contributed by atoms with Crippen molar-refractivity contribution in [3.8, 4) is 0 Å². The van der Waals surface area contributed by atoms with Gasteiger partial charge in [0.25, 0.3) is 5.56 Å². The first-order chi connectivity index (χ1) is 24.3. The third-order valence-corrected chi connectivity index (χ3v) is 9.84. The molecule has 5 N–H and O–H groups in total. The number of Topliss-reactive ketones (excluding diaryl/α,β-unsaturated/α-hetero) is 1. The molecule has 13 nitrogen and oxygen atoms in total. The second-order valence-electron chi connectivity index (χ2n) is 15.3. The predicted octanol–water partition coefficient (Wildman–Crippen LogP) is 6.25. The highest BCUT2D eigenvalue weighted by molar-refractivity contribution is 6.00. The molecule has 0 bridgehead atoms. The summed E-state index contributed by atoms with van der Waals surface area (Å²) in [6.45, 7) is 13.1. The Balaban J connectivity index is 0.000000154. The molecule has 4 fully saturated rings. The third kappa shape index (κ3) is 10.0. The lowest BCUT2D eigenvalue weighted by molar-refractivity contribution is -0.151. The van der Waals surface area contributed by atoms with Crippen molar-refractivity contribution >= 4 is 29.3 Å². The number of amides is 1. The Morgan fingerprint density at radius 3 is 2.35 bits per heavy atom. The highest BCUT2D eigenvalue weighted by atomic mass is 16.6. The van der Waals surface area contributed by atoms with Crippen LogP contribution >= 0.6 is 0 Å². The highest BCUT2D eigenvalue weighted by Crippen LogP contribution is 2.40. The number of aromatic amines is 2. The number of piperidine rings is 2. The summed E-state index contributed by atoms with van der Waals surface area (Å²) in [6, 6.07) is 4.33. The second-order valence-corrected chi connectivity index (χ2v) is 15.3. The Bertz CT molecular complexity index is 1720. The number of esters is 1. The van der Waals surface area contributed by atoms with Crippen molar-refractivity contribution in [2.75, 3.05) is 25.4 Å². The smallest absolute Gasteiger partial charge is 0.410 e. The fourth-order valence-electron chi connectivity index (χ4n) is 6.74. The number of hydrogen-bond acceptors (Lipinski definition) is 9. The number of nitrogen functional groups attached to an aromatic ring is 1. The normalized spacial score (nSPS) is 21.1. The number of nitrogens with two attached hydrogens (primary N) is 1. The zero-order valence-electron chi connectivity index (χ0n) is 31.2. The van der Waals surface area contributed by atoms with Gasteiger partial charge in [0, 0.05) is 42.2 Å². The van der Waals surface area contributed by atoms with E-state index in [1.807, 2.05) is 50.9 Å². The third-order valence-electron chi connectivity index (χ3n) is 9.84. The van der Waals surface area contributed by atoms with Gasteiger partial charge in [0.1, 0.15) is 23.1 Å². The van der Waals surface area contributed by atoms with Gasteiger partial charge in [0.15, 0.2) is 5.65 Å². The number of aromatic nitrogens is 4. The summed E-state index contributed by atoms with van der Waals surface area (Å²) in [5.41, 5.74) is 10.0. The van der Waals surface area contributed by atoms with E-state index in [1.54, 1.807) is 18.4 Å². The molecule has 1 unspecified atom stereocenters. The first-order valence-electron chi connectivity index (χ1n) is 18.8. The van der Waals surface area contributed by atoms with Gasteiger partial charge in [-0.3, -0.25) is 19.5 Å². The molecule has 51 heavy (non-hydrogen) atoms. The molecule has 1 amide bonds. The van der Waals surface area contributed by atoms with E-state index in [4.69, 9.17) is 20.2 Å². The summed E-state index contributed by atoms with van der Waals surface area (Å²) < 4.78 is 11.8. The first kappa shape index (κ1) is 38.1. The van der Waals surface area contributed by atoms with E-state index in [2.05, 4.69) is 15.4 Å². The Labute approximate surface area is 300 Å². The van der Waals surface area contributed by atoms with Crippen LogP contribution in [0.4, 0.5) is 10.6 Å². The number of fused-ring (bicyclic) bond motifs is 1. The van der Waals surface area contributed by atoms with Crippen LogP contribution in [0.5, 0.6) is 0 Å². The topological polar surface area (TPSA) is 177 Å². The molecular formula is C38H57N7O6. The molecule has 4 aliphatic rings. The number of nitrogens with zero attached hydrogens (tertiary/aromatic N) is 3. The summed E-state index contributed by atoms with van der Waals surface area (Å²) >= 11 is 0. The lowest BCUT2D eigenvalue weighted by Gasteiger charge is -2.36. The van der Waals surface area contributed by atoms with E-state index in [-0.39, 0.29) is 35.4 Å². The van der Waals surface area contributed by atoms with Crippen LogP contribution in [0.2, 0.25) is 0 Å². The van der Waals surface area contributed by atoms with E-state index < -0.39 is 11.5 Å². The molecule has 2 saturated carbocycles. The van der Waals surface area contributed by atoms with Crippen molar-refractivity contribution in [3.05, 3.63) is 51.2 Å². The monoisotopic (exact) mass is 707 g/mol. The van der Waals surface area contributed by atoms with Crippen LogP contribution in [0.25, 0.3) is 5.65 Å². The van der Waals surface area contributed by atoms with Crippen molar-refractivity contribution in [2.45, 2.75) is 129 Å². The number of hydrogen-bond donors (Lipinski definition) is 4. The average molecular weight is 708 g/mol. The van der Waals surface area contributed by atoms with Crippen LogP contribution in [0.15, 0.2) is 23.1 Å². The fourth-order valence-corrected chi connectivity index (χ4v) is 6.74. The minimum atomic E-state index is -0.558. The molecule has 2 aliphatic heterocycles. The van der Waals surface area contributed by atoms with Gasteiger partial charge >= 0.3 is 12.1 Å². The van der Waals surface area contributed by atoms with E-state index >= 15 is 0 Å². The number of H-pyrrole nitrogens is 2. The van der Waals surface area contributed by atoms with Crippen molar-refractivity contribution in [2.24, 2.45) is 11.8 Å². The summed E-state index contributed by atoms with van der Waals surface area (Å²) in [5.74, 6) is 0.397. The quantitative estimate of drug-likeness (QED) is 0.163. The fraction of sp³-hybridized carbons (Fsp3) is 0.658. The van der Waals surface area contributed by atoms with Crippen molar-refractivity contribution in [3.63, 3.8) is 0 Å². The molecule has 0 spiro atoms. The van der Waals surface area contributed by atoms with Gasteiger partial charge in [0.2, 0.25) is 0 Å². The van der Waals surface area contributed by atoms with Gasteiger partial charge in [-0.25, -0.2) is 14.3 Å². The van der Waals surface area contributed by atoms with Crippen LogP contribution in [-0.2, 0) is 19.1 Å². The van der Waals surface area contributed by atoms with Gasteiger partial charge in [-0.15, -0.1) is 0 Å². The van der Waals surface area contributed by atoms with Crippen molar-refractivity contribution < 1.29 is 23.9 Å². The number of carbonyl (C=O) groups is 3. The zero-order valence-corrected chi connectivity index (χ0v) is 31.2. The summed E-state index contributed by atoms with van der Waals surface area (Å²) in [5, 5.41) is 6.75. The lowest BCUT2D eigenvalue weighted by atomic mass is 9.97. The number of rotatable bonds is 7. The van der Waals surface area contributed by atoms with Gasteiger partial charge in [0.05, 0.1) is 24.0 Å². The Morgan fingerprint density at radius 2 is 1.76 bits per heavy atom. The Hall–Kier alpha value is -4.13. The average Bonchev–Trinajstić information content (AvgIpc) is 4.05. The second kappa shape index (κ2) is 16.5. The molecule has 3 aromatic heterocycles. The van der Waals surface area contributed by atoms with E-state index in [0.29, 0.717) is 24.4 Å². The molecule has 7 rings (SSSR count). The van der Waals surface area contributed by atoms with Crippen molar-refractivity contribution in [1.82, 2.24) is 29.8 Å². The van der Waals surface area contributed by atoms with Crippen LogP contribution < -0.4 is 16.6 Å². The maximum Gasteiger partial charge on any atom is 0.410 e. The molecule has 0 aromatic carbocycles. The summed E-state index contributed by atoms with van der Waals surface area (Å²) in [6.07, 6.45) is 12.6. The number of anilines is 1. The largest absolute Gasteiger partial charge is 0.465 e. The van der Waals surface area contributed by atoms with E-state index in [1.165, 1.54) is 25.7 Å². The molecule has 0 radical (unpaired) electrons. The molecule has 5 heterocycles. The minimum absolute atomic E-state index is 0.0495. The molecule has 3 aromatic rings. The summed E-state index contributed by atoms with van der Waals surface area (Å²) in [4.78, 5) is 56.6. The Morgan fingerprint density at radius 1 is 1.04 bits per heavy atom. The number of ether oxygens (including phenoxy) is 2. The van der Waals surface area contributed by atoms with Crippen LogP contribution in [-0.4, -0.2) is 67.6 Å². The number of nitrogens with one attached hydrogen (secondary N) is 3. The van der Waals surface area contributed by atoms with Gasteiger partial charge in [-0.1, -0.05) is 6.42 Å². The highest BCUT2D eigenvalue weighted by Gasteiger charge is 2.36. The van der Waals surface area contributed by atoms with E-state index in [9.17, 15) is 19.2 Å². The maximum atomic E-state index is 12.4. The molecular weight excluding hydrogens is 650 g/mol. The molecule has 2 aliphatic carbocycles. The number of carbonyl (C=O) groups excluding carboxylic acids is 3. The lowest BCUT2D eigenvalue weighted by Crippen LogP contribution is -2.41. The zero-order chi connectivity index (χ0) is 36.9. The van der Waals surface area contributed by atoms with Crippen LogP contribution in [0.3, 0.4) is 0 Å². The summed E-state index contributed by atoms with van der Waals surface area (Å²) in [7, 11) is 0. The maximum absolute atomic E-state index is 12.4. The predicted molar refractivity (Wildman–Crippen MR) is 195 cm³/mol.